The predicted octanol–water partition coefficient (Wildman–Crippen LogP) is 1.74. The van der Waals surface area contributed by atoms with Crippen LogP contribution < -0.4 is 5.32 Å². The van der Waals surface area contributed by atoms with Crippen molar-refractivity contribution in [3.63, 3.8) is 0 Å². The van der Waals surface area contributed by atoms with Crippen molar-refractivity contribution in [3.8, 4) is 0 Å². The number of hydrogen-bond acceptors (Lipinski definition) is 2. The minimum atomic E-state index is 0.0895. The van der Waals surface area contributed by atoms with Gasteiger partial charge in [0, 0.05) is 24.9 Å². The van der Waals surface area contributed by atoms with Gasteiger partial charge < -0.3 is 5.32 Å². The fourth-order valence-electron chi connectivity index (χ4n) is 1.05. The van der Waals surface area contributed by atoms with Crippen LogP contribution in [0.1, 0.15) is 25.8 Å². The molecule has 1 rings (SSSR count). The van der Waals surface area contributed by atoms with Crippen LogP contribution in [0.2, 0.25) is 0 Å². The second kappa shape index (κ2) is 5.37. The van der Waals surface area contributed by atoms with Gasteiger partial charge in [0.2, 0.25) is 5.91 Å². The number of nitrogens with zero attached hydrogens (tertiary/aromatic N) is 1. The van der Waals surface area contributed by atoms with Gasteiger partial charge in [-0.2, -0.15) is 0 Å². The van der Waals surface area contributed by atoms with Crippen LogP contribution in [-0.4, -0.2) is 10.9 Å². The molecule has 0 aromatic carbocycles. The van der Waals surface area contributed by atoms with Gasteiger partial charge in [-0.25, -0.2) is 0 Å². The molecule has 1 aromatic heterocycles. The Morgan fingerprint density at radius 3 is 3.00 bits per heavy atom. The molecule has 0 radical (unpaired) electrons. The van der Waals surface area contributed by atoms with Crippen LogP contribution in [0, 0.1) is 5.92 Å². The maximum Gasteiger partial charge on any atom is 0.223 e. The van der Waals surface area contributed by atoms with Crippen molar-refractivity contribution >= 4 is 5.91 Å². The molecule has 0 aliphatic heterocycles. The molecule has 1 amide bonds. The van der Waals surface area contributed by atoms with Crippen LogP contribution in [0.5, 0.6) is 0 Å². The van der Waals surface area contributed by atoms with E-state index in [1.807, 2.05) is 26.0 Å². The minimum Gasteiger partial charge on any atom is -0.352 e. The van der Waals surface area contributed by atoms with Crippen LogP contribution in [-0.2, 0) is 11.3 Å². The Balaban J connectivity index is 2.38. The molecular formula is C11H16N2O. The number of nitrogens with one attached hydrogen (secondary N) is 1. The van der Waals surface area contributed by atoms with Gasteiger partial charge in [-0.05, 0) is 18.1 Å². The van der Waals surface area contributed by atoms with E-state index < -0.39 is 0 Å². The molecule has 0 saturated heterocycles. The number of pyridine rings is 1. The maximum absolute atomic E-state index is 11.4. The lowest BCUT2D eigenvalue weighted by atomic mass is 10.1. The third kappa shape index (κ3) is 3.17. The molecule has 3 nitrogen and oxygen atoms in total. The summed E-state index contributed by atoms with van der Waals surface area (Å²) in [6.07, 6.45) is 4.36. The zero-order valence-electron chi connectivity index (χ0n) is 8.66. The standard InChI is InChI=1S/C11H16N2O/c1-3-9(2)11(14)13-8-10-5-4-6-12-7-10/h4-7,9H,3,8H2,1-2H3,(H,13,14)/t9-/m1/s1. The molecule has 0 spiro atoms. The summed E-state index contributed by atoms with van der Waals surface area (Å²) in [6.45, 7) is 4.50. The van der Waals surface area contributed by atoms with Crippen molar-refractivity contribution < 1.29 is 4.79 Å². The van der Waals surface area contributed by atoms with Crippen LogP contribution >= 0.6 is 0 Å². The number of aromatic nitrogens is 1. The molecule has 0 saturated carbocycles. The first kappa shape index (κ1) is 10.7. The first-order valence-electron chi connectivity index (χ1n) is 4.90. The van der Waals surface area contributed by atoms with Crippen molar-refractivity contribution in [1.82, 2.24) is 10.3 Å². The number of carbonyl (C=O) groups excluding carboxylic acids is 1. The smallest absolute Gasteiger partial charge is 0.223 e. The fourth-order valence-corrected chi connectivity index (χ4v) is 1.05. The predicted molar refractivity (Wildman–Crippen MR) is 55.5 cm³/mol. The number of amides is 1. The Kier molecular flexibility index (Phi) is 4.11. The van der Waals surface area contributed by atoms with Gasteiger partial charge in [0.25, 0.3) is 0 Å². The van der Waals surface area contributed by atoms with Gasteiger partial charge in [-0.1, -0.05) is 19.9 Å². The molecule has 76 valence electrons. The van der Waals surface area contributed by atoms with E-state index in [-0.39, 0.29) is 11.8 Å². The molecule has 1 heterocycles. The van der Waals surface area contributed by atoms with E-state index >= 15 is 0 Å². The zero-order chi connectivity index (χ0) is 10.4. The third-order valence-electron chi connectivity index (χ3n) is 2.25. The molecule has 0 fully saturated rings. The van der Waals surface area contributed by atoms with E-state index in [0.29, 0.717) is 6.54 Å². The molecule has 1 atom stereocenters. The number of hydrogen-bond donors (Lipinski definition) is 1. The topological polar surface area (TPSA) is 42.0 Å². The van der Waals surface area contributed by atoms with Gasteiger partial charge in [0.05, 0.1) is 0 Å². The highest BCUT2D eigenvalue weighted by Crippen LogP contribution is 2.01. The van der Waals surface area contributed by atoms with Gasteiger partial charge in [-0.15, -0.1) is 0 Å². The van der Waals surface area contributed by atoms with Crippen molar-refractivity contribution in [2.75, 3.05) is 0 Å². The molecule has 0 aliphatic carbocycles. The first-order valence-corrected chi connectivity index (χ1v) is 4.90. The highest BCUT2D eigenvalue weighted by Gasteiger charge is 2.08. The van der Waals surface area contributed by atoms with E-state index in [4.69, 9.17) is 0 Å². The highest BCUT2D eigenvalue weighted by atomic mass is 16.1. The molecule has 0 unspecified atom stereocenters. The monoisotopic (exact) mass is 192 g/mol. The van der Waals surface area contributed by atoms with Crippen molar-refractivity contribution in [1.29, 1.82) is 0 Å². The largest absolute Gasteiger partial charge is 0.352 e. The van der Waals surface area contributed by atoms with Gasteiger partial charge in [0.15, 0.2) is 0 Å². The van der Waals surface area contributed by atoms with Crippen LogP contribution in [0.25, 0.3) is 0 Å². The molecule has 0 bridgehead atoms. The summed E-state index contributed by atoms with van der Waals surface area (Å²) in [5.41, 5.74) is 1.03. The van der Waals surface area contributed by atoms with E-state index in [0.717, 1.165) is 12.0 Å². The van der Waals surface area contributed by atoms with Crippen molar-refractivity contribution in [2.24, 2.45) is 5.92 Å². The molecule has 1 N–H and O–H groups in total. The summed E-state index contributed by atoms with van der Waals surface area (Å²) in [6, 6.07) is 3.81. The Morgan fingerprint density at radius 2 is 2.43 bits per heavy atom. The van der Waals surface area contributed by atoms with Crippen LogP contribution in [0.3, 0.4) is 0 Å². The lowest BCUT2D eigenvalue weighted by molar-refractivity contribution is -0.124. The molecule has 0 aliphatic rings. The molecule has 3 heteroatoms. The summed E-state index contributed by atoms with van der Waals surface area (Å²) in [7, 11) is 0. The Bertz CT molecular complexity index is 285. The molecule has 1 aromatic rings. The highest BCUT2D eigenvalue weighted by molar-refractivity contribution is 5.78. The van der Waals surface area contributed by atoms with Crippen LogP contribution in [0.4, 0.5) is 0 Å². The maximum atomic E-state index is 11.4. The summed E-state index contributed by atoms with van der Waals surface area (Å²) in [5.74, 6) is 0.197. The molecular weight excluding hydrogens is 176 g/mol. The number of carbonyl (C=O) groups is 1. The first-order chi connectivity index (χ1) is 6.74. The zero-order valence-corrected chi connectivity index (χ0v) is 8.66. The summed E-state index contributed by atoms with van der Waals surface area (Å²) < 4.78 is 0. The summed E-state index contributed by atoms with van der Waals surface area (Å²) in [5, 5.41) is 2.87. The molecule has 14 heavy (non-hydrogen) atoms. The van der Waals surface area contributed by atoms with E-state index in [9.17, 15) is 4.79 Å². The SMILES string of the molecule is CC[C@@H](C)C(=O)NCc1cccnc1. The summed E-state index contributed by atoms with van der Waals surface area (Å²) >= 11 is 0. The van der Waals surface area contributed by atoms with Gasteiger partial charge in [0.1, 0.15) is 0 Å². The van der Waals surface area contributed by atoms with E-state index in [1.165, 1.54) is 0 Å². The average Bonchev–Trinajstić information content (AvgIpc) is 2.26. The van der Waals surface area contributed by atoms with Gasteiger partial charge >= 0.3 is 0 Å². The Hall–Kier alpha value is -1.38. The lowest BCUT2D eigenvalue weighted by Crippen LogP contribution is -2.28. The van der Waals surface area contributed by atoms with E-state index in [1.54, 1.807) is 12.4 Å². The normalized spacial score (nSPS) is 12.1. The van der Waals surface area contributed by atoms with Crippen molar-refractivity contribution in [2.45, 2.75) is 26.8 Å². The van der Waals surface area contributed by atoms with Crippen LogP contribution in [0.15, 0.2) is 24.5 Å². The fraction of sp³-hybridized carbons (Fsp3) is 0.455. The minimum absolute atomic E-state index is 0.0895. The second-order valence-corrected chi connectivity index (χ2v) is 3.39. The Morgan fingerprint density at radius 1 is 1.64 bits per heavy atom. The Labute approximate surface area is 84.6 Å². The van der Waals surface area contributed by atoms with E-state index in [2.05, 4.69) is 10.3 Å². The number of rotatable bonds is 4. The van der Waals surface area contributed by atoms with Gasteiger partial charge in [-0.3, -0.25) is 9.78 Å². The summed E-state index contributed by atoms with van der Waals surface area (Å²) in [4.78, 5) is 15.4. The third-order valence-corrected chi connectivity index (χ3v) is 2.25. The quantitative estimate of drug-likeness (QED) is 0.789. The lowest BCUT2D eigenvalue weighted by Gasteiger charge is -2.09. The average molecular weight is 192 g/mol. The van der Waals surface area contributed by atoms with Crippen molar-refractivity contribution in [3.05, 3.63) is 30.1 Å². The second-order valence-electron chi connectivity index (χ2n) is 3.39.